The van der Waals surface area contributed by atoms with Gasteiger partial charge in [-0.2, -0.15) is 0 Å². The molecule has 0 atom stereocenters. The van der Waals surface area contributed by atoms with Crippen molar-refractivity contribution in [2.24, 2.45) is 9.98 Å². The maximum absolute atomic E-state index is 10.7. The Labute approximate surface area is 174 Å². The van der Waals surface area contributed by atoms with Crippen LogP contribution in [0.25, 0.3) is 5.76 Å². The van der Waals surface area contributed by atoms with Crippen molar-refractivity contribution in [2.45, 2.75) is 0 Å². The van der Waals surface area contributed by atoms with E-state index in [0.29, 0.717) is 54.0 Å². The van der Waals surface area contributed by atoms with E-state index in [-0.39, 0.29) is 12.4 Å². The second-order valence-electron chi connectivity index (χ2n) is 6.66. The van der Waals surface area contributed by atoms with Crippen LogP contribution in [-0.4, -0.2) is 72.2 Å². The molecule has 0 fully saturated rings. The highest BCUT2D eigenvalue weighted by Gasteiger charge is 2.30. The van der Waals surface area contributed by atoms with E-state index in [9.17, 15) is 5.11 Å². The summed E-state index contributed by atoms with van der Waals surface area (Å²) in [4.78, 5) is 15.5. The average molecular weight is 409 g/mol. The van der Waals surface area contributed by atoms with Crippen molar-refractivity contribution in [3.8, 4) is 11.5 Å². The summed E-state index contributed by atoms with van der Waals surface area (Å²) in [6.45, 7) is 1.75. The standard InChI is InChI=1S/C21H23N5O4/c1-29-17-9-14-15(10-18(17)30-2)25-20(26-7-5-23-21(14)26)11-16(28)13-3-4-19(24-12-13)22-6-8-27/h3-4,9-12,27-28H,5-8H2,1-2H3,(H,22,24)/b16-11-. The number of methoxy groups -OCH3 is 2. The number of aliphatic imine (C=N–C) groups is 2. The molecule has 3 N–H and O–H groups in total. The third kappa shape index (κ3) is 3.67. The van der Waals surface area contributed by atoms with Gasteiger partial charge >= 0.3 is 0 Å². The Bertz CT molecular complexity index is 1030. The molecule has 2 aliphatic heterocycles. The number of fused-ring (bicyclic) bond motifs is 3. The number of benzene rings is 1. The maximum atomic E-state index is 10.7. The molecular weight excluding hydrogens is 386 g/mol. The van der Waals surface area contributed by atoms with Gasteiger partial charge in [-0.15, -0.1) is 0 Å². The molecule has 1 aromatic carbocycles. The summed E-state index contributed by atoms with van der Waals surface area (Å²) >= 11 is 0. The summed E-state index contributed by atoms with van der Waals surface area (Å²) < 4.78 is 10.8. The van der Waals surface area contributed by atoms with Crippen LogP contribution in [0.15, 0.2) is 46.5 Å². The smallest absolute Gasteiger partial charge is 0.162 e. The Hall–Kier alpha value is -3.59. The second-order valence-corrected chi connectivity index (χ2v) is 6.66. The first-order valence-corrected chi connectivity index (χ1v) is 9.53. The minimum absolute atomic E-state index is 0.0201. The summed E-state index contributed by atoms with van der Waals surface area (Å²) in [5, 5.41) is 22.5. The molecule has 0 aliphatic carbocycles. The molecule has 9 nitrogen and oxygen atoms in total. The van der Waals surface area contributed by atoms with Crippen molar-refractivity contribution in [1.82, 2.24) is 9.88 Å². The fraction of sp³-hybridized carbons (Fsp3) is 0.286. The molecule has 0 saturated carbocycles. The van der Waals surface area contributed by atoms with Crippen molar-refractivity contribution < 1.29 is 19.7 Å². The number of aromatic nitrogens is 1. The van der Waals surface area contributed by atoms with Crippen LogP contribution >= 0.6 is 0 Å². The van der Waals surface area contributed by atoms with Crippen LogP contribution in [0.5, 0.6) is 11.5 Å². The van der Waals surface area contributed by atoms with Crippen molar-refractivity contribution >= 4 is 28.9 Å². The Morgan fingerprint density at radius 1 is 1.23 bits per heavy atom. The zero-order valence-corrected chi connectivity index (χ0v) is 16.8. The molecule has 9 heteroatoms. The second kappa shape index (κ2) is 8.42. The highest BCUT2D eigenvalue weighted by Crippen LogP contribution is 2.38. The number of aliphatic hydroxyl groups excluding tert-OH is 2. The molecule has 2 aromatic rings. The number of rotatable bonds is 7. The van der Waals surface area contributed by atoms with E-state index in [1.165, 1.54) is 0 Å². The Morgan fingerprint density at radius 3 is 2.73 bits per heavy atom. The summed E-state index contributed by atoms with van der Waals surface area (Å²) in [6, 6.07) is 7.17. The summed E-state index contributed by atoms with van der Waals surface area (Å²) in [6.07, 6.45) is 3.17. The molecule has 0 amide bonds. The van der Waals surface area contributed by atoms with Gasteiger partial charge in [-0.3, -0.25) is 4.99 Å². The molecule has 30 heavy (non-hydrogen) atoms. The molecular formula is C21H23N5O4. The first-order valence-electron chi connectivity index (χ1n) is 9.53. The van der Waals surface area contributed by atoms with Crippen molar-refractivity contribution in [1.29, 1.82) is 0 Å². The third-order valence-corrected chi connectivity index (χ3v) is 4.84. The van der Waals surface area contributed by atoms with Gasteiger partial charge in [0.25, 0.3) is 0 Å². The summed E-state index contributed by atoms with van der Waals surface area (Å²) in [5.41, 5.74) is 2.12. The zero-order valence-electron chi connectivity index (χ0n) is 16.8. The monoisotopic (exact) mass is 409 g/mol. The van der Waals surface area contributed by atoms with E-state index in [1.54, 1.807) is 44.7 Å². The predicted molar refractivity (Wildman–Crippen MR) is 115 cm³/mol. The number of amidine groups is 2. The van der Waals surface area contributed by atoms with Crippen LogP contribution in [0.4, 0.5) is 11.5 Å². The van der Waals surface area contributed by atoms with Crippen LogP contribution in [-0.2, 0) is 0 Å². The number of anilines is 1. The molecule has 2 aliphatic rings. The quantitative estimate of drug-likeness (QED) is 0.601. The SMILES string of the molecule is COc1cc2c(cc1OC)C1=NCCN1C(/C=C(\O)c1ccc(NCCO)nc1)=N2. The number of nitrogens with one attached hydrogen (secondary N) is 1. The number of pyridine rings is 1. The first-order chi connectivity index (χ1) is 14.6. The Balaban J connectivity index is 1.68. The minimum atomic E-state index is 0.0201. The van der Waals surface area contributed by atoms with Gasteiger partial charge in [-0.1, -0.05) is 0 Å². The van der Waals surface area contributed by atoms with Gasteiger partial charge in [0.2, 0.25) is 0 Å². The van der Waals surface area contributed by atoms with Crippen molar-refractivity contribution in [3.05, 3.63) is 47.7 Å². The molecule has 0 saturated heterocycles. The fourth-order valence-corrected chi connectivity index (χ4v) is 3.37. The lowest BCUT2D eigenvalue weighted by Crippen LogP contribution is -2.36. The van der Waals surface area contributed by atoms with Gasteiger partial charge in [-0.05, 0) is 18.2 Å². The van der Waals surface area contributed by atoms with Crippen molar-refractivity contribution in [2.75, 3.05) is 45.8 Å². The van der Waals surface area contributed by atoms with Crippen LogP contribution in [0.2, 0.25) is 0 Å². The number of hydrogen-bond acceptors (Lipinski definition) is 9. The number of ether oxygens (including phenoxy) is 2. The fourth-order valence-electron chi connectivity index (χ4n) is 3.37. The molecule has 0 bridgehead atoms. The lowest BCUT2D eigenvalue weighted by atomic mass is 10.1. The van der Waals surface area contributed by atoms with Gasteiger partial charge in [-0.25, -0.2) is 9.98 Å². The van der Waals surface area contributed by atoms with Crippen LogP contribution < -0.4 is 14.8 Å². The largest absolute Gasteiger partial charge is 0.507 e. The molecule has 0 radical (unpaired) electrons. The number of aliphatic hydroxyl groups is 2. The summed E-state index contributed by atoms with van der Waals surface area (Å²) in [5.74, 6) is 3.25. The highest BCUT2D eigenvalue weighted by molar-refractivity contribution is 6.20. The predicted octanol–water partition coefficient (Wildman–Crippen LogP) is 2.21. The van der Waals surface area contributed by atoms with Gasteiger partial charge in [0.05, 0.1) is 33.1 Å². The maximum Gasteiger partial charge on any atom is 0.162 e. The molecule has 0 unspecified atom stereocenters. The minimum Gasteiger partial charge on any atom is -0.507 e. The van der Waals surface area contributed by atoms with E-state index >= 15 is 0 Å². The van der Waals surface area contributed by atoms with Gasteiger partial charge in [0, 0.05) is 42.6 Å². The lowest BCUT2D eigenvalue weighted by Gasteiger charge is -2.26. The topological polar surface area (TPSA) is 112 Å². The Kier molecular flexibility index (Phi) is 5.53. The van der Waals surface area contributed by atoms with Crippen molar-refractivity contribution in [3.63, 3.8) is 0 Å². The molecule has 3 heterocycles. The van der Waals surface area contributed by atoms with E-state index < -0.39 is 0 Å². The first kappa shape index (κ1) is 19.7. The normalized spacial score (nSPS) is 15.2. The van der Waals surface area contributed by atoms with Crippen LogP contribution in [0.3, 0.4) is 0 Å². The zero-order chi connectivity index (χ0) is 21.1. The van der Waals surface area contributed by atoms with E-state index in [2.05, 4.69) is 15.3 Å². The van der Waals surface area contributed by atoms with Gasteiger partial charge in [0.15, 0.2) is 11.5 Å². The molecule has 1 aromatic heterocycles. The van der Waals surface area contributed by atoms with Gasteiger partial charge < -0.3 is 29.9 Å². The highest BCUT2D eigenvalue weighted by atomic mass is 16.5. The van der Waals surface area contributed by atoms with Crippen LogP contribution in [0, 0.1) is 0 Å². The lowest BCUT2D eigenvalue weighted by molar-refractivity contribution is 0.311. The molecule has 156 valence electrons. The Morgan fingerprint density at radius 2 is 2.03 bits per heavy atom. The van der Waals surface area contributed by atoms with E-state index in [1.807, 2.05) is 11.0 Å². The van der Waals surface area contributed by atoms with E-state index in [4.69, 9.17) is 19.6 Å². The van der Waals surface area contributed by atoms with Crippen LogP contribution in [0.1, 0.15) is 11.1 Å². The van der Waals surface area contributed by atoms with E-state index in [0.717, 1.165) is 11.4 Å². The number of nitrogens with zero attached hydrogens (tertiary/aromatic N) is 4. The number of hydrogen-bond donors (Lipinski definition) is 3. The molecule has 0 spiro atoms. The third-order valence-electron chi connectivity index (χ3n) is 4.84. The van der Waals surface area contributed by atoms with Gasteiger partial charge in [0.1, 0.15) is 23.2 Å². The average Bonchev–Trinajstić information content (AvgIpc) is 3.27. The summed E-state index contributed by atoms with van der Waals surface area (Å²) in [7, 11) is 3.17. The molecule has 4 rings (SSSR count).